The largest absolute Gasteiger partial charge is 0.497 e. The molecular weight excluding hydrogens is 260 g/mol. The van der Waals surface area contributed by atoms with Crippen molar-refractivity contribution in [3.8, 4) is 28.8 Å². The number of nitrogens with zero attached hydrogens (tertiary/aromatic N) is 4. The Balaban J connectivity index is 2.63. The molecule has 0 aliphatic heterocycles. The number of aldehydes is 1. The van der Waals surface area contributed by atoms with Gasteiger partial charge in [-0.25, -0.2) is 4.68 Å². The van der Waals surface area contributed by atoms with Crippen molar-refractivity contribution in [2.75, 3.05) is 14.2 Å². The summed E-state index contributed by atoms with van der Waals surface area (Å²) in [7, 11) is 3.06. The lowest BCUT2D eigenvalue weighted by Crippen LogP contribution is -2.02. The topological polar surface area (TPSA) is 90.0 Å². The van der Waals surface area contributed by atoms with Crippen LogP contribution in [0.4, 0.5) is 0 Å². The van der Waals surface area contributed by atoms with E-state index in [1.807, 2.05) is 6.07 Å². The molecule has 2 aromatic rings. The number of carbonyl (C=O) groups excluding carboxylic acids is 1. The first kappa shape index (κ1) is 13.5. The highest BCUT2D eigenvalue weighted by Gasteiger charge is 2.16. The quantitative estimate of drug-likeness (QED) is 0.762. The van der Waals surface area contributed by atoms with Gasteiger partial charge in [0.15, 0.2) is 12.0 Å². The van der Waals surface area contributed by atoms with Crippen molar-refractivity contribution < 1.29 is 14.3 Å². The monoisotopic (exact) mass is 272 g/mol. The molecule has 1 aromatic carbocycles. The average Bonchev–Trinajstić information content (AvgIpc) is 2.89. The lowest BCUT2D eigenvalue weighted by Gasteiger charge is -2.09. The minimum absolute atomic E-state index is 0.00427. The summed E-state index contributed by atoms with van der Waals surface area (Å²) in [6.07, 6.45) is 0.599. The first-order valence-electron chi connectivity index (χ1n) is 5.72. The molecule has 0 radical (unpaired) electrons. The lowest BCUT2D eigenvalue weighted by atomic mass is 10.1. The normalized spacial score (nSPS) is 9.85. The van der Waals surface area contributed by atoms with Crippen molar-refractivity contribution >= 4 is 6.29 Å². The molecule has 102 valence electrons. The van der Waals surface area contributed by atoms with Gasteiger partial charge in [-0.2, -0.15) is 5.26 Å². The van der Waals surface area contributed by atoms with E-state index < -0.39 is 0 Å². The van der Waals surface area contributed by atoms with E-state index in [4.69, 9.17) is 14.7 Å². The third kappa shape index (κ3) is 2.44. The summed E-state index contributed by atoms with van der Waals surface area (Å²) in [4.78, 5) is 11.1. The molecule has 0 saturated carbocycles. The van der Waals surface area contributed by atoms with Crippen molar-refractivity contribution in [2.45, 2.75) is 6.54 Å². The second-order valence-corrected chi connectivity index (χ2v) is 3.86. The van der Waals surface area contributed by atoms with Crippen molar-refractivity contribution in [3.63, 3.8) is 0 Å². The van der Waals surface area contributed by atoms with Gasteiger partial charge in [0.1, 0.15) is 23.7 Å². The van der Waals surface area contributed by atoms with E-state index in [1.165, 1.54) is 18.9 Å². The van der Waals surface area contributed by atoms with Crippen LogP contribution in [-0.2, 0) is 6.54 Å². The number of ether oxygens (including phenoxy) is 2. The minimum atomic E-state index is -0.00427. The molecular formula is C13H12N4O3. The number of carbonyl (C=O) groups is 1. The molecule has 20 heavy (non-hydrogen) atoms. The van der Waals surface area contributed by atoms with Crippen LogP contribution in [0.15, 0.2) is 18.2 Å². The van der Waals surface area contributed by atoms with E-state index in [0.717, 1.165) is 0 Å². The fraction of sp³-hybridized carbons (Fsp3) is 0.231. The summed E-state index contributed by atoms with van der Waals surface area (Å²) < 4.78 is 11.7. The predicted molar refractivity (Wildman–Crippen MR) is 69.6 cm³/mol. The molecule has 7 heteroatoms. The van der Waals surface area contributed by atoms with Crippen LogP contribution in [0.3, 0.4) is 0 Å². The average molecular weight is 272 g/mol. The summed E-state index contributed by atoms with van der Waals surface area (Å²) >= 11 is 0. The zero-order valence-corrected chi connectivity index (χ0v) is 11.0. The maximum atomic E-state index is 11.1. The smallest absolute Gasteiger partial charge is 0.172 e. The highest BCUT2D eigenvalue weighted by molar-refractivity contribution is 5.84. The highest BCUT2D eigenvalue weighted by atomic mass is 16.5. The number of methoxy groups -OCH3 is 2. The first-order chi connectivity index (χ1) is 9.73. The minimum Gasteiger partial charge on any atom is -0.497 e. The molecule has 0 aliphatic rings. The predicted octanol–water partition coefficient (Wildman–Crippen LogP) is 1.30. The Bertz CT molecular complexity index is 650. The van der Waals surface area contributed by atoms with Crippen LogP contribution < -0.4 is 9.47 Å². The summed E-state index contributed by atoms with van der Waals surface area (Å²) in [5.41, 5.74) is 1.26. The molecule has 0 bridgehead atoms. The maximum absolute atomic E-state index is 11.1. The first-order valence-corrected chi connectivity index (χ1v) is 5.72. The van der Waals surface area contributed by atoms with Crippen LogP contribution in [0, 0.1) is 11.3 Å². The number of hydrogen-bond donors (Lipinski definition) is 0. The molecule has 0 N–H and O–H groups in total. The summed E-state index contributed by atoms with van der Waals surface area (Å²) in [6, 6.07) is 7.13. The Morgan fingerprint density at radius 3 is 2.45 bits per heavy atom. The molecule has 0 fully saturated rings. The van der Waals surface area contributed by atoms with Crippen LogP contribution in [0.5, 0.6) is 11.5 Å². The zero-order chi connectivity index (χ0) is 14.5. The van der Waals surface area contributed by atoms with Crippen LogP contribution in [0.25, 0.3) is 11.3 Å². The number of rotatable bonds is 5. The molecule has 1 aromatic heterocycles. The van der Waals surface area contributed by atoms with Gasteiger partial charge in [-0.3, -0.25) is 4.79 Å². The van der Waals surface area contributed by atoms with Gasteiger partial charge >= 0.3 is 0 Å². The summed E-state index contributed by atoms with van der Waals surface area (Å²) in [5.74, 6) is 1.14. The Morgan fingerprint density at radius 1 is 1.30 bits per heavy atom. The van der Waals surface area contributed by atoms with E-state index in [1.54, 1.807) is 18.2 Å². The van der Waals surface area contributed by atoms with Crippen LogP contribution in [0.2, 0.25) is 0 Å². The molecule has 0 saturated heterocycles. The number of benzene rings is 1. The van der Waals surface area contributed by atoms with Gasteiger partial charge in [0.05, 0.1) is 20.3 Å². The van der Waals surface area contributed by atoms with E-state index in [0.29, 0.717) is 29.0 Å². The van der Waals surface area contributed by atoms with Crippen LogP contribution >= 0.6 is 0 Å². The van der Waals surface area contributed by atoms with E-state index in [-0.39, 0.29) is 12.2 Å². The van der Waals surface area contributed by atoms with Crippen molar-refractivity contribution in [3.05, 3.63) is 23.9 Å². The fourth-order valence-corrected chi connectivity index (χ4v) is 1.82. The molecule has 2 rings (SSSR count). The van der Waals surface area contributed by atoms with Crippen molar-refractivity contribution in [1.82, 2.24) is 15.0 Å². The standard InChI is InChI=1S/C13H12N4O3/c1-19-10-5-9(6-11(7-10)20-2)13-12(8-18)15-16-17(13)4-3-14/h5-8H,4H2,1-2H3. The van der Waals surface area contributed by atoms with Gasteiger partial charge in [0, 0.05) is 11.6 Å². The van der Waals surface area contributed by atoms with Gasteiger partial charge < -0.3 is 9.47 Å². The van der Waals surface area contributed by atoms with Gasteiger partial charge in [-0.1, -0.05) is 5.21 Å². The maximum Gasteiger partial charge on any atom is 0.172 e. The SMILES string of the molecule is COc1cc(OC)cc(-c2c(C=O)nnn2CC#N)c1. The second-order valence-electron chi connectivity index (χ2n) is 3.86. The molecule has 7 nitrogen and oxygen atoms in total. The zero-order valence-electron chi connectivity index (χ0n) is 11.0. The molecule has 0 unspecified atom stereocenters. The molecule has 0 aliphatic carbocycles. The Morgan fingerprint density at radius 2 is 1.95 bits per heavy atom. The lowest BCUT2D eigenvalue weighted by molar-refractivity contribution is 0.111. The van der Waals surface area contributed by atoms with E-state index in [2.05, 4.69) is 10.3 Å². The van der Waals surface area contributed by atoms with Gasteiger partial charge in [-0.05, 0) is 12.1 Å². The highest BCUT2D eigenvalue weighted by Crippen LogP contribution is 2.30. The van der Waals surface area contributed by atoms with Gasteiger partial charge in [-0.15, -0.1) is 5.10 Å². The number of nitriles is 1. The third-order valence-corrected chi connectivity index (χ3v) is 2.72. The van der Waals surface area contributed by atoms with Crippen LogP contribution in [0.1, 0.15) is 10.5 Å². The van der Waals surface area contributed by atoms with Gasteiger partial charge in [0.25, 0.3) is 0 Å². The number of hydrogen-bond acceptors (Lipinski definition) is 6. The second kappa shape index (κ2) is 5.84. The van der Waals surface area contributed by atoms with Crippen LogP contribution in [-0.4, -0.2) is 35.5 Å². The molecule has 1 heterocycles. The van der Waals surface area contributed by atoms with Crippen molar-refractivity contribution in [1.29, 1.82) is 5.26 Å². The number of aromatic nitrogens is 3. The summed E-state index contributed by atoms with van der Waals surface area (Å²) in [5, 5.41) is 16.3. The van der Waals surface area contributed by atoms with E-state index in [9.17, 15) is 4.79 Å². The molecule has 0 atom stereocenters. The Kier molecular flexibility index (Phi) is 3.96. The fourth-order valence-electron chi connectivity index (χ4n) is 1.82. The van der Waals surface area contributed by atoms with E-state index >= 15 is 0 Å². The molecule has 0 spiro atoms. The van der Waals surface area contributed by atoms with Gasteiger partial charge in [0.2, 0.25) is 0 Å². The summed E-state index contributed by atoms with van der Waals surface area (Å²) in [6.45, 7) is -0.00427. The van der Waals surface area contributed by atoms with Crippen molar-refractivity contribution in [2.24, 2.45) is 0 Å². The third-order valence-electron chi connectivity index (χ3n) is 2.72. The Labute approximate surface area is 115 Å². The Hall–Kier alpha value is -2.88. The molecule has 0 amide bonds.